The molecular weight excluding hydrogens is 396 g/mol. The highest BCUT2D eigenvalue weighted by molar-refractivity contribution is 9.10. The summed E-state index contributed by atoms with van der Waals surface area (Å²) in [6, 6.07) is 5.14. The topological polar surface area (TPSA) is 66.9 Å². The molecule has 0 atom stereocenters. The molecule has 0 spiro atoms. The molecule has 0 N–H and O–H groups in total. The fraction of sp³-hybridized carbons (Fsp3) is 0.462. The van der Waals surface area contributed by atoms with Crippen LogP contribution < -0.4 is 4.74 Å². The van der Waals surface area contributed by atoms with Gasteiger partial charge in [-0.25, -0.2) is 8.42 Å². The fourth-order valence-electron chi connectivity index (χ4n) is 2.09. The van der Waals surface area contributed by atoms with Crippen LogP contribution in [-0.2, 0) is 14.8 Å². The summed E-state index contributed by atoms with van der Waals surface area (Å²) in [5.41, 5.74) is 0. The second-order valence-electron chi connectivity index (χ2n) is 4.91. The Kier molecular flexibility index (Phi) is 5.70. The first-order valence-corrected chi connectivity index (χ1v) is 9.60. The van der Waals surface area contributed by atoms with E-state index in [9.17, 15) is 13.2 Å². The van der Waals surface area contributed by atoms with E-state index in [1.54, 1.807) is 23.1 Å². The summed E-state index contributed by atoms with van der Waals surface area (Å²) in [5.74, 6) is 0.250. The van der Waals surface area contributed by atoms with Gasteiger partial charge < -0.3 is 9.64 Å². The highest BCUT2D eigenvalue weighted by Crippen LogP contribution is 2.27. The van der Waals surface area contributed by atoms with E-state index in [0.717, 1.165) is 4.47 Å². The van der Waals surface area contributed by atoms with Gasteiger partial charge in [-0.3, -0.25) is 4.79 Å². The first-order valence-electron chi connectivity index (χ1n) is 6.58. The van der Waals surface area contributed by atoms with Gasteiger partial charge in [-0.2, -0.15) is 4.31 Å². The van der Waals surface area contributed by atoms with Gasteiger partial charge in [0, 0.05) is 30.7 Å². The van der Waals surface area contributed by atoms with Gasteiger partial charge >= 0.3 is 0 Å². The van der Waals surface area contributed by atoms with Gasteiger partial charge in [-0.05, 0) is 18.2 Å². The van der Waals surface area contributed by atoms with Crippen molar-refractivity contribution in [3.8, 4) is 5.75 Å². The fourth-order valence-corrected chi connectivity index (χ4v) is 3.65. The van der Waals surface area contributed by atoms with Crippen molar-refractivity contribution in [2.75, 3.05) is 39.0 Å². The predicted molar refractivity (Wildman–Crippen MR) is 87.6 cm³/mol. The molecular formula is C13H16BrClN2O4S. The Labute approximate surface area is 143 Å². The van der Waals surface area contributed by atoms with E-state index in [2.05, 4.69) is 15.9 Å². The molecule has 0 saturated carbocycles. The smallest absolute Gasteiger partial charge is 0.260 e. The minimum absolute atomic E-state index is 0.125. The Bertz CT molecular complexity index is 660. The number of rotatable bonds is 4. The number of halogens is 2. The molecule has 1 amide bonds. The average Bonchev–Trinajstić information content (AvgIpc) is 2.45. The van der Waals surface area contributed by atoms with Crippen molar-refractivity contribution in [3.63, 3.8) is 0 Å². The quantitative estimate of drug-likeness (QED) is 0.754. The Morgan fingerprint density at radius 2 is 1.95 bits per heavy atom. The van der Waals surface area contributed by atoms with E-state index in [-0.39, 0.29) is 12.5 Å². The summed E-state index contributed by atoms with van der Waals surface area (Å²) in [5, 5.41) is 0.420. The van der Waals surface area contributed by atoms with Crippen molar-refractivity contribution >= 4 is 43.5 Å². The van der Waals surface area contributed by atoms with Gasteiger partial charge in [0.05, 0.1) is 11.3 Å². The number of nitrogens with zero attached hydrogens (tertiary/aromatic N) is 2. The number of hydrogen-bond donors (Lipinski definition) is 0. The van der Waals surface area contributed by atoms with Crippen LogP contribution in [0.5, 0.6) is 5.75 Å². The summed E-state index contributed by atoms with van der Waals surface area (Å²) in [6.07, 6.45) is 1.17. The summed E-state index contributed by atoms with van der Waals surface area (Å²) >= 11 is 9.31. The third kappa shape index (κ3) is 4.58. The molecule has 1 fully saturated rings. The maximum atomic E-state index is 12.1. The minimum atomic E-state index is -3.20. The molecule has 2 rings (SSSR count). The lowest BCUT2D eigenvalue weighted by Crippen LogP contribution is -2.51. The first kappa shape index (κ1) is 17.5. The molecule has 9 heteroatoms. The van der Waals surface area contributed by atoms with Gasteiger partial charge in [0.2, 0.25) is 10.0 Å². The molecule has 1 aliphatic rings. The van der Waals surface area contributed by atoms with Crippen LogP contribution in [-0.4, -0.2) is 62.6 Å². The maximum absolute atomic E-state index is 12.1. The van der Waals surface area contributed by atoms with Crippen LogP contribution in [0.4, 0.5) is 0 Å². The summed E-state index contributed by atoms with van der Waals surface area (Å²) < 4.78 is 30.5. The Morgan fingerprint density at radius 3 is 2.50 bits per heavy atom. The number of carbonyl (C=O) groups is 1. The molecule has 122 valence electrons. The Balaban J connectivity index is 1.86. The van der Waals surface area contributed by atoms with Crippen LogP contribution in [0.25, 0.3) is 0 Å². The molecule has 22 heavy (non-hydrogen) atoms. The zero-order valence-electron chi connectivity index (χ0n) is 12.0. The third-order valence-corrected chi connectivity index (χ3v) is 5.40. The molecule has 1 heterocycles. The second-order valence-corrected chi connectivity index (χ2v) is 8.21. The van der Waals surface area contributed by atoms with E-state index in [4.69, 9.17) is 16.3 Å². The maximum Gasteiger partial charge on any atom is 0.260 e. The standard InChI is InChI=1S/C13H16BrClN2O4S/c1-22(19,20)17-6-4-16(5-7-17)13(18)9-21-12-3-2-10(14)8-11(12)15/h2-3,8H,4-7,9H2,1H3. The van der Waals surface area contributed by atoms with E-state index in [1.165, 1.54) is 10.6 Å². The van der Waals surface area contributed by atoms with Crippen LogP contribution in [0.15, 0.2) is 22.7 Å². The van der Waals surface area contributed by atoms with Crippen LogP contribution in [0.1, 0.15) is 0 Å². The van der Waals surface area contributed by atoms with E-state index < -0.39 is 10.0 Å². The van der Waals surface area contributed by atoms with Crippen LogP contribution in [0.3, 0.4) is 0 Å². The summed E-state index contributed by atoms with van der Waals surface area (Å²) in [6.45, 7) is 1.22. The molecule has 1 saturated heterocycles. The number of ether oxygens (including phenoxy) is 1. The van der Waals surface area contributed by atoms with E-state index in [0.29, 0.717) is 37.0 Å². The van der Waals surface area contributed by atoms with Crippen molar-refractivity contribution in [1.29, 1.82) is 0 Å². The lowest BCUT2D eigenvalue weighted by atomic mass is 10.3. The van der Waals surface area contributed by atoms with Crippen LogP contribution >= 0.6 is 27.5 Å². The largest absolute Gasteiger partial charge is 0.482 e. The van der Waals surface area contributed by atoms with E-state index in [1.807, 2.05) is 0 Å². The van der Waals surface area contributed by atoms with Gasteiger partial charge in [-0.1, -0.05) is 27.5 Å². The lowest BCUT2D eigenvalue weighted by molar-refractivity contribution is -0.134. The molecule has 1 aliphatic heterocycles. The molecule has 6 nitrogen and oxygen atoms in total. The number of piperazine rings is 1. The molecule has 1 aromatic rings. The van der Waals surface area contributed by atoms with Crippen LogP contribution in [0, 0.1) is 0 Å². The van der Waals surface area contributed by atoms with Gasteiger partial charge in [0.1, 0.15) is 5.75 Å². The number of carbonyl (C=O) groups excluding carboxylic acids is 1. The molecule has 0 bridgehead atoms. The summed E-state index contributed by atoms with van der Waals surface area (Å²) in [7, 11) is -3.20. The van der Waals surface area contributed by atoms with Crippen molar-refractivity contribution < 1.29 is 17.9 Å². The highest BCUT2D eigenvalue weighted by atomic mass is 79.9. The number of benzene rings is 1. The van der Waals surface area contributed by atoms with Crippen molar-refractivity contribution in [2.45, 2.75) is 0 Å². The zero-order valence-corrected chi connectivity index (χ0v) is 15.1. The van der Waals surface area contributed by atoms with Gasteiger partial charge in [-0.15, -0.1) is 0 Å². The number of amides is 1. The van der Waals surface area contributed by atoms with Crippen molar-refractivity contribution in [2.24, 2.45) is 0 Å². The van der Waals surface area contributed by atoms with Crippen LogP contribution in [0.2, 0.25) is 5.02 Å². The van der Waals surface area contributed by atoms with Gasteiger partial charge in [0.25, 0.3) is 5.91 Å². The molecule has 0 unspecified atom stereocenters. The normalized spacial score (nSPS) is 16.6. The second kappa shape index (κ2) is 7.16. The average molecular weight is 412 g/mol. The number of hydrogen-bond acceptors (Lipinski definition) is 4. The third-order valence-electron chi connectivity index (χ3n) is 3.31. The summed E-state index contributed by atoms with van der Waals surface area (Å²) in [4.78, 5) is 13.7. The molecule has 0 aromatic heterocycles. The Hall–Kier alpha value is -0.830. The monoisotopic (exact) mass is 410 g/mol. The van der Waals surface area contributed by atoms with Gasteiger partial charge in [0.15, 0.2) is 6.61 Å². The highest BCUT2D eigenvalue weighted by Gasteiger charge is 2.26. The predicted octanol–water partition coefficient (Wildman–Crippen LogP) is 1.59. The Morgan fingerprint density at radius 1 is 1.32 bits per heavy atom. The molecule has 1 aromatic carbocycles. The first-order chi connectivity index (χ1) is 10.3. The molecule has 0 radical (unpaired) electrons. The lowest BCUT2D eigenvalue weighted by Gasteiger charge is -2.33. The number of sulfonamides is 1. The van der Waals surface area contributed by atoms with Crippen molar-refractivity contribution in [1.82, 2.24) is 9.21 Å². The zero-order chi connectivity index (χ0) is 16.3. The van der Waals surface area contributed by atoms with Crippen molar-refractivity contribution in [3.05, 3.63) is 27.7 Å². The SMILES string of the molecule is CS(=O)(=O)N1CCN(C(=O)COc2ccc(Br)cc2Cl)CC1. The minimum Gasteiger partial charge on any atom is -0.482 e. The molecule has 0 aliphatic carbocycles. The van der Waals surface area contributed by atoms with E-state index >= 15 is 0 Å².